The van der Waals surface area contributed by atoms with Crippen LogP contribution in [0.4, 0.5) is 4.79 Å². The van der Waals surface area contributed by atoms with Crippen LogP contribution in [-0.4, -0.2) is 76.3 Å². The number of fused-ring (bicyclic) bond motifs is 1. The molecule has 1 aromatic heterocycles. The van der Waals surface area contributed by atoms with Gasteiger partial charge in [-0.25, -0.2) is 4.79 Å². The molecule has 2 aliphatic rings. The Morgan fingerprint density at radius 2 is 1.68 bits per heavy atom. The molecular weight excluding hydrogens is 441 g/mol. The number of hydrogen-bond acceptors (Lipinski definition) is 5. The number of piperazine rings is 1. The molecule has 3 heterocycles. The molecule has 0 aliphatic carbocycles. The third-order valence-electron chi connectivity index (χ3n) is 5.57. The van der Waals surface area contributed by atoms with E-state index in [4.69, 9.17) is 27.9 Å². The second-order valence-corrected chi connectivity index (χ2v) is 8.82. The first kappa shape index (κ1) is 21.9. The van der Waals surface area contributed by atoms with Crippen LogP contribution in [0.15, 0.2) is 24.3 Å². The summed E-state index contributed by atoms with van der Waals surface area (Å²) in [6.45, 7) is 4.75. The van der Waals surface area contributed by atoms with Gasteiger partial charge in [0.1, 0.15) is 6.61 Å². The molecule has 0 unspecified atom stereocenters. The Morgan fingerprint density at radius 1 is 0.968 bits per heavy atom. The highest BCUT2D eigenvalue weighted by atomic mass is 35.5. The largest absolute Gasteiger partial charge is 0.445 e. The predicted octanol–water partition coefficient (Wildman–Crippen LogP) is 3.12. The lowest BCUT2D eigenvalue weighted by atomic mass is 10.2. The predicted molar refractivity (Wildman–Crippen MR) is 117 cm³/mol. The standard InChI is InChI=1S/C21H25Cl2N5O3/c1-25-5-7-26(8-6-25)20(29)19-12-18-13-27(3-2-4-28(18)24-19)21(30)31-14-15-9-16(22)11-17(23)10-15/h9-12H,2-8,13-14H2,1H3. The highest BCUT2D eigenvalue weighted by molar-refractivity contribution is 6.34. The van der Waals surface area contributed by atoms with Gasteiger partial charge in [-0.05, 0) is 43.3 Å². The number of halogens is 2. The Hall–Kier alpha value is -2.29. The number of ether oxygens (including phenoxy) is 1. The van der Waals surface area contributed by atoms with Crippen molar-refractivity contribution < 1.29 is 14.3 Å². The minimum atomic E-state index is -0.419. The van der Waals surface area contributed by atoms with Crippen molar-refractivity contribution in [2.24, 2.45) is 0 Å². The number of aryl methyl sites for hydroxylation is 1. The average molecular weight is 466 g/mol. The van der Waals surface area contributed by atoms with Gasteiger partial charge in [-0.3, -0.25) is 9.48 Å². The number of aromatic nitrogens is 2. The third-order valence-corrected chi connectivity index (χ3v) is 6.00. The van der Waals surface area contributed by atoms with Crippen molar-refractivity contribution in [3.05, 3.63) is 51.3 Å². The molecule has 0 spiro atoms. The van der Waals surface area contributed by atoms with Crippen molar-refractivity contribution in [1.82, 2.24) is 24.5 Å². The molecule has 0 radical (unpaired) electrons. The summed E-state index contributed by atoms with van der Waals surface area (Å²) >= 11 is 12.0. The molecule has 0 saturated carbocycles. The SMILES string of the molecule is CN1CCN(C(=O)c2cc3n(n2)CCCN(C(=O)OCc2cc(Cl)cc(Cl)c2)C3)CC1. The van der Waals surface area contributed by atoms with E-state index in [2.05, 4.69) is 17.0 Å². The maximum absolute atomic E-state index is 12.8. The van der Waals surface area contributed by atoms with E-state index in [1.807, 2.05) is 9.58 Å². The van der Waals surface area contributed by atoms with E-state index in [1.54, 1.807) is 29.2 Å². The molecular formula is C21H25Cl2N5O3. The van der Waals surface area contributed by atoms with Crippen LogP contribution in [0.1, 0.15) is 28.2 Å². The summed E-state index contributed by atoms with van der Waals surface area (Å²) in [6, 6.07) is 6.86. The van der Waals surface area contributed by atoms with Gasteiger partial charge in [0, 0.05) is 49.3 Å². The molecule has 0 atom stereocenters. The van der Waals surface area contributed by atoms with Crippen LogP contribution in [0.25, 0.3) is 0 Å². The number of likely N-dealkylation sites (N-methyl/N-ethyl adjacent to an activating group) is 1. The van der Waals surface area contributed by atoms with Crippen LogP contribution >= 0.6 is 23.2 Å². The first-order valence-corrected chi connectivity index (χ1v) is 11.1. The van der Waals surface area contributed by atoms with Gasteiger partial charge in [0.25, 0.3) is 5.91 Å². The zero-order valence-electron chi connectivity index (χ0n) is 17.4. The minimum Gasteiger partial charge on any atom is -0.445 e. The normalized spacial score (nSPS) is 17.3. The highest BCUT2D eigenvalue weighted by Gasteiger charge is 2.26. The van der Waals surface area contributed by atoms with Crippen molar-refractivity contribution in [1.29, 1.82) is 0 Å². The van der Waals surface area contributed by atoms with E-state index in [0.29, 0.717) is 48.5 Å². The maximum Gasteiger partial charge on any atom is 0.410 e. The number of carbonyl (C=O) groups is 2. The number of amides is 2. The van der Waals surface area contributed by atoms with Gasteiger partial charge in [0.15, 0.2) is 5.69 Å². The third kappa shape index (κ3) is 5.31. The van der Waals surface area contributed by atoms with Crippen LogP contribution in [0, 0.1) is 0 Å². The van der Waals surface area contributed by atoms with Crippen LogP contribution < -0.4 is 0 Å². The molecule has 4 rings (SSSR count). The Morgan fingerprint density at radius 3 is 2.39 bits per heavy atom. The number of rotatable bonds is 3. The van der Waals surface area contributed by atoms with Crippen LogP contribution in [0.5, 0.6) is 0 Å². The van der Waals surface area contributed by atoms with Crippen molar-refractivity contribution in [2.75, 3.05) is 39.8 Å². The van der Waals surface area contributed by atoms with Gasteiger partial charge in [-0.15, -0.1) is 0 Å². The molecule has 1 aromatic carbocycles. The summed E-state index contributed by atoms with van der Waals surface area (Å²) in [7, 11) is 2.05. The number of nitrogens with zero attached hydrogens (tertiary/aromatic N) is 5. The van der Waals surface area contributed by atoms with E-state index in [0.717, 1.165) is 30.8 Å². The monoisotopic (exact) mass is 465 g/mol. The van der Waals surface area contributed by atoms with E-state index >= 15 is 0 Å². The highest BCUT2D eigenvalue weighted by Crippen LogP contribution is 2.21. The molecule has 1 saturated heterocycles. The lowest BCUT2D eigenvalue weighted by molar-refractivity contribution is 0.0657. The fourth-order valence-corrected chi connectivity index (χ4v) is 4.40. The molecule has 0 N–H and O–H groups in total. The van der Waals surface area contributed by atoms with Gasteiger partial charge in [-0.1, -0.05) is 23.2 Å². The second-order valence-electron chi connectivity index (χ2n) is 7.95. The van der Waals surface area contributed by atoms with E-state index < -0.39 is 6.09 Å². The molecule has 8 nitrogen and oxygen atoms in total. The summed E-state index contributed by atoms with van der Waals surface area (Å²) in [6.07, 6.45) is 0.312. The van der Waals surface area contributed by atoms with Gasteiger partial charge >= 0.3 is 6.09 Å². The molecule has 0 bridgehead atoms. The number of hydrogen-bond donors (Lipinski definition) is 0. The Bertz CT molecular complexity index is 952. The molecule has 2 aliphatic heterocycles. The molecule has 2 aromatic rings. The zero-order chi connectivity index (χ0) is 22.0. The quantitative estimate of drug-likeness (QED) is 0.696. The fourth-order valence-electron chi connectivity index (χ4n) is 3.82. The first-order chi connectivity index (χ1) is 14.9. The molecule has 1 fully saturated rings. The Kier molecular flexibility index (Phi) is 6.69. The number of benzene rings is 1. The fraction of sp³-hybridized carbons (Fsp3) is 0.476. The smallest absolute Gasteiger partial charge is 0.410 e. The summed E-state index contributed by atoms with van der Waals surface area (Å²) in [4.78, 5) is 31.2. The summed E-state index contributed by atoms with van der Waals surface area (Å²) < 4.78 is 7.29. The van der Waals surface area contributed by atoms with Crippen molar-refractivity contribution in [3.8, 4) is 0 Å². The maximum atomic E-state index is 12.8. The second kappa shape index (κ2) is 9.46. The Labute approximate surface area is 191 Å². The lowest BCUT2D eigenvalue weighted by Crippen LogP contribution is -2.47. The van der Waals surface area contributed by atoms with E-state index in [-0.39, 0.29) is 12.5 Å². The topological polar surface area (TPSA) is 70.9 Å². The van der Waals surface area contributed by atoms with Crippen molar-refractivity contribution in [3.63, 3.8) is 0 Å². The molecule has 10 heteroatoms. The molecule has 2 amide bonds. The van der Waals surface area contributed by atoms with Crippen LogP contribution in [0.2, 0.25) is 10.0 Å². The van der Waals surface area contributed by atoms with E-state index in [1.165, 1.54) is 0 Å². The van der Waals surface area contributed by atoms with Gasteiger partial charge in [0.05, 0.1) is 12.2 Å². The summed E-state index contributed by atoms with van der Waals surface area (Å²) in [5.74, 6) is -0.0550. The lowest BCUT2D eigenvalue weighted by Gasteiger charge is -2.31. The Balaban J connectivity index is 1.39. The van der Waals surface area contributed by atoms with Crippen molar-refractivity contribution in [2.45, 2.75) is 26.1 Å². The molecule has 166 valence electrons. The van der Waals surface area contributed by atoms with Crippen molar-refractivity contribution >= 4 is 35.2 Å². The van der Waals surface area contributed by atoms with Gasteiger partial charge in [0.2, 0.25) is 0 Å². The summed E-state index contributed by atoms with van der Waals surface area (Å²) in [5, 5.41) is 5.51. The van der Waals surface area contributed by atoms with Crippen LogP contribution in [0.3, 0.4) is 0 Å². The molecule has 31 heavy (non-hydrogen) atoms. The zero-order valence-corrected chi connectivity index (χ0v) is 18.9. The first-order valence-electron chi connectivity index (χ1n) is 10.3. The minimum absolute atomic E-state index is 0.0550. The summed E-state index contributed by atoms with van der Waals surface area (Å²) in [5.41, 5.74) is 1.99. The van der Waals surface area contributed by atoms with Gasteiger partial charge in [-0.2, -0.15) is 5.10 Å². The van der Waals surface area contributed by atoms with Crippen LogP contribution in [-0.2, 0) is 24.4 Å². The number of carbonyl (C=O) groups excluding carboxylic acids is 2. The average Bonchev–Trinajstić information content (AvgIpc) is 3.03. The van der Waals surface area contributed by atoms with Gasteiger partial charge < -0.3 is 19.4 Å². The van der Waals surface area contributed by atoms with E-state index in [9.17, 15) is 9.59 Å².